The predicted molar refractivity (Wildman–Crippen MR) is 118 cm³/mol. The van der Waals surface area contributed by atoms with E-state index in [4.69, 9.17) is 4.74 Å². The first-order valence-corrected chi connectivity index (χ1v) is 10.2. The number of halogens is 1. The molecular formula is C25H23FN2O4. The van der Waals surface area contributed by atoms with E-state index in [2.05, 4.69) is 10.6 Å². The van der Waals surface area contributed by atoms with Crippen molar-refractivity contribution in [1.82, 2.24) is 5.32 Å². The van der Waals surface area contributed by atoms with Gasteiger partial charge in [0.2, 0.25) is 0 Å². The number of anilines is 1. The minimum Gasteiger partial charge on any atom is -0.450 e. The average molecular weight is 434 g/mol. The second-order valence-corrected chi connectivity index (χ2v) is 7.01. The van der Waals surface area contributed by atoms with Gasteiger partial charge in [-0.3, -0.25) is 9.59 Å². The van der Waals surface area contributed by atoms with Gasteiger partial charge in [-0.05, 0) is 48.4 Å². The molecule has 164 valence electrons. The van der Waals surface area contributed by atoms with E-state index in [9.17, 15) is 18.8 Å². The van der Waals surface area contributed by atoms with E-state index in [1.807, 2.05) is 0 Å². The fraction of sp³-hybridized carbons (Fsp3) is 0.160. The van der Waals surface area contributed by atoms with Crippen molar-refractivity contribution in [3.05, 3.63) is 102 Å². The lowest BCUT2D eigenvalue weighted by molar-refractivity contribution is -0.156. The summed E-state index contributed by atoms with van der Waals surface area (Å²) in [6.07, 6.45) is -0.875. The molecule has 2 amide bonds. The van der Waals surface area contributed by atoms with Gasteiger partial charge < -0.3 is 15.4 Å². The van der Waals surface area contributed by atoms with Crippen LogP contribution >= 0.6 is 0 Å². The number of carbonyl (C=O) groups is 3. The van der Waals surface area contributed by atoms with E-state index in [1.54, 1.807) is 67.6 Å². The van der Waals surface area contributed by atoms with Gasteiger partial charge in [0.25, 0.3) is 11.8 Å². The molecule has 0 saturated heterocycles. The van der Waals surface area contributed by atoms with Crippen molar-refractivity contribution in [3.63, 3.8) is 0 Å². The van der Waals surface area contributed by atoms with E-state index in [0.717, 1.165) is 0 Å². The van der Waals surface area contributed by atoms with Crippen LogP contribution in [0.25, 0.3) is 0 Å². The smallest absolute Gasteiger partial charge is 0.334 e. The second kappa shape index (κ2) is 10.9. The molecule has 7 heteroatoms. The Morgan fingerprint density at radius 2 is 1.47 bits per heavy atom. The number of amides is 2. The summed E-state index contributed by atoms with van der Waals surface area (Å²) in [4.78, 5) is 38.3. The Morgan fingerprint density at radius 1 is 0.875 bits per heavy atom. The minimum atomic E-state index is -1.10. The molecule has 2 atom stereocenters. The van der Waals surface area contributed by atoms with Gasteiger partial charge in [-0.2, -0.15) is 0 Å². The zero-order valence-electron chi connectivity index (χ0n) is 17.5. The van der Waals surface area contributed by atoms with E-state index in [-0.39, 0.29) is 6.42 Å². The second-order valence-electron chi connectivity index (χ2n) is 7.01. The summed E-state index contributed by atoms with van der Waals surface area (Å²) >= 11 is 0. The van der Waals surface area contributed by atoms with Crippen LogP contribution in [0.1, 0.15) is 35.3 Å². The van der Waals surface area contributed by atoms with Crippen molar-refractivity contribution in [2.24, 2.45) is 0 Å². The minimum absolute atomic E-state index is 0.215. The normalized spacial score (nSPS) is 12.3. The third-order valence-electron chi connectivity index (χ3n) is 4.71. The van der Waals surface area contributed by atoms with Crippen LogP contribution < -0.4 is 10.6 Å². The number of carbonyl (C=O) groups excluding carboxylic acids is 3. The summed E-state index contributed by atoms with van der Waals surface area (Å²) < 4.78 is 18.6. The molecule has 0 saturated carbocycles. The van der Waals surface area contributed by atoms with Crippen molar-refractivity contribution >= 4 is 23.5 Å². The molecule has 0 fully saturated rings. The number of hydrogen-bond donors (Lipinski definition) is 2. The van der Waals surface area contributed by atoms with E-state index >= 15 is 0 Å². The molecule has 0 unspecified atom stereocenters. The summed E-state index contributed by atoms with van der Waals surface area (Å²) in [6, 6.07) is 21.3. The topological polar surface area (TPSA) is 84.5 Å². The molecule has 0 heterocycles. The molecule has 0 spiro atoms. The summed E-state index contributed by atoms with van der Waals surface area (Å²) in [5.74, 6) is -2.18. The lowest BCUT2D eigenvalue weighted by Gasteiger charge is -2.22. The van der Waals surface area contributed by atoms with Crippen LogP contribution in [0, 0.1) is 5.82 Å². The van der Waals surface area contributed by atoms with Gasteiger partial charge >= 0.3 is 5.97 Å². The maximum atomic E-state index is 13.1. The van der Waals surface area contributed by atoms with Crippen LogP contribution in [0.2, 0.25) is 0 Å². The highest BCUT2D eigenvalue weighted by molar-refractivity contribution is 5.98. The van der Waals surface area contributed by atoms with Crippen molar-refractivity contribution in [3.8, 4) is 0 Å². The van der Waals surface area contributed by atoms with Gasteiger partial charge in [-0.25, -0.2) is 9.18 Å². The van der Waals surface area contributed by atoms with E-state index in [0.29, 0.717) is 16.8 Å². The summed E-state index contributed by atoms with van der Waals surface area (Å²) in [6.45, 7) is 1.70. The van der Waals surface area contributed by atoms with Crippen molar-refractivity contribution in [1.29, 1.82) is 0 Å². The summed E-state index contributed by atoms with van der Waals surface area (Å²) in [5, 5.41) is 5.29. The Kier molecular flexibility index (Phi) is 7.70. The quantitative estimate of drug-likeness (QED) is 0.519. The van der Waals surface area contributed by atoms with Crippen LogP contribution in [0.15, 0.2) is 84.9 Å². The Labute approximate surface area is 185 Å². The van der Waals surface area contributed by atoms with Crippen LogP contribution in [0.4, 0.5) is 10.1 Å². The lowest BCUT2D eigenvalue weighted by atomic mass is 10.1. The summed E-state index contributed by atoms with van der Waals surface area (Å²) in [5.41, 5.74) is 1.29. The Morgan fingerprint density at radius 3 is 2.06 bits per heavy atom. The molecule has 2 N–H and O–H groups in total. The fourth-order valence-electron chi connectivity index (χ4n) is 3.01. The Bertz CT molecular complexity index is 1060. The zero-order valence-corrected chi connectivity index (χ0v) is 17.5. The van der Waals surface area contributed by atoms with Crippen LogP contribution in [-0.4, -0.2) is 23.9 Å². The molecule has 0 aliphatic carbocycles. The lowest BCUT2D eigenvalue weighted by Crippen LogP contribution is -2.39. The number of hydrogen-bond acceptors (Lipinski definition) is 4. The van der Waals surface area contributed by atoms with Crippen molar-refractivity contribution in [2.45, 2.75) is 25.5 Å². The molecule has 0 aromatic heterocycles. The van der Waals surface area contributed by atoms with Gasteiger partial charge in [0.15, 0.2) is 12.1 Å². The van der Waals surface area contributed by atoms with Crippen molar-refractivity contribution in [2.75, 3.05) is 5.32 Å². The Balaban J connectivity index is 1.75. The highest BCUT2D eigenvalue weighted by Gasteiger charge is 2.29. The number of benzene rings is 3. The van der Waals surface area contributed by atoms with Gasteiger partial charge in [0.1, 0.15) is 5.82 Å². The van der Waals surface area contributed by atoms with Gasteiger partial charge in [-0.15, -0.1) is 0 Å². The van der Waals surface area contributed by atoms with Crippen LogP contribution in [0.3, 0.4) is 0 Å². The van der Waals surface area contributed by atoms with Crippen LogP contribution in [0.5, 0.6) is 0 Å². The average Bonchev–Trinajstić information content (AvgIpc) is 2.83. The molecule has 6 nitrogen and oxygen atoms in total. The molecule has 3 rings (SSSR count). The Hall–Kier alpha value is -4.00. The monoisotopic (exact) mass is 434 g/mol. The van der Waals surface area contributed by atoms with E-state index in [1.165, 1.54) is 24.3 Å². The number of rotatable bonds is 8. The maximum Gasteiger partial charge on any atom is 0.334 e. The molecule has 0 bridgehead atoms. The first-order valence-electron chi connectivity index (χ1n) is 10.2. The SMILES string of the molecule is CC[C@@H](OC(=O)[C@H](NC(=O)c1ccccc1)c1ccccc1)C(=O)Nc1ccc(F)cc1. The standard InChI is InChI=1S/C25H23FN2O4/c1-2-21(24(30)27-20-15-13-19(26)14-16-20)32-25(31)22(17-9-5-3-6-10-17)28-23(29)18-11-7-4-8-12-18/h3-16,21-22H,2H2,1H3,(H,27,30)(H,28,29)/t21-,22-/m1/s1. The van der Waals surface area contributed by atoms with Gasteiger partial charge in [0, 0.05) is 11.3 Å². The maximum absolute atomic E-state index is 13.1. The highest BCUT2D eigenvalue weighted by Crippen LogP contribution is 2.18. The van der Waals surface area contributed by atoms with E-state index < -0.39 is 35.7 Å². The number of nitrogens with one attached hydrogen (secondary N) is 2. The molecule has 0 radical (unpaired) electrons. The fourth-order valence-corrected chi connectivity index (χ4v) is 3.01. The number of esters is 1. The third-order valence-corrected chi connectivity index (χ3v) is 4.71. The van der Waals surface area contributed by atoms with Crippen LogP contribution in [-0.2, 0) is 14.3 Å². The molecule has 3 aromatic rings. The molecule has 3 aromatic carbocycles. The molecule has 0 aliphatic rings. The number of ether oxygens (including phenoxy) is 1. The first-order chi connectivity index (χ1) is 15.5. The largest absolute Gasteiger partial charge is 0.450 e. The predicted octanol–water partition coefficient (Wildman–Crippen LogP) is 4.26. The summed E-state index contributed by atoms with van der Waals surface area (Å²) in [7, 11) is 0. The molecule has 32 heavy (non-hydrogen) atoms. The molecular weight excluding hydrogens is 411 g/mol. The first kappa shape index (κ1) is 22.7. The van der Waals surface area contributed by atoms with Crippen molar-refractivity contribution < 1.29 is 23.5 Å². The highest BCUT2D eigenvalue weighted by atomic mass is 19.1. The third kappa shape index (κ3) is 6.01. The van der Waals surface area contributed by atoms with Gasteiger partial charge in [-0.1, -0.05) is 55.5 Å². The van der Waals surface area contributed by atoms with Gasteiger partial charge in [0.05, 0.1) is 0 Å². The zero-order chi connectivity index (χ0) is 22.9. The molecule has 0 aliphatic heterocycles.